The number of halogens is 1. The van der Waals surface area contributed by atoms with Crippen molar-refractivity contribution in [3.05, 3.63) is 10.7 Å². The van der Waals surface area contributed by atoms with Gasteiger partial charge in [-0.25, -0.2) is 10.8 Å². The molecule has 3 unspecified atom stereocenters. The largest absolute Gasteiger partial charge is 0.366 e. The van der Waals surface area contributed by atoms with Gasteiger partial charge < -0.3 is 5.32 Å². The molecule has 0 radical (unpaired) electrons. The Balaban J connectivity index is 2.12. The van der Waals surface area contributed by atoms with Crippen LogP contribution in [0.1, 0.15) is 33.1 Å². The van der Waals surface area contributed by atoms with Crippen molar-refractivity contribution in [2.75, 3.05) is 10.7 Å². The molecule has 0 aromatic carbocycles. The van der Waals surface area contributed by atoms with E-state index >= 15 is 0 Å². The lowest BCUT2D eigenvalue weighted by Gasteiger charge is -2.35. The highest BCUT2D eigenvalue weighted by molar-refractivity contribution is 9.10. The summed E-state index contributed by atoms with van der Waals surface area (Å²) in [4.78, 5) is 8.39. The van der Waals surface area contributed by atoms with Crippen LogP contribution in [-0.2, 0) is 0 Å². The molecule has 0 amide bonds. The van der Waals surface area contributed by atoms with E-state index in [2.05, 4.69) is 50.5 Å². The minimum Gasteiger partial charge on any atom is -0.366 e. The van der Waals surface area contributed by atoms with Crippen molar-refractivity contribution < 1.29 is 0 Å². The number of nitrogen functional groups attached to an aromatic ring is 1. The molecule has 0 spiro atoms. The fourth-order valence-electron chi connectivity index (χ4n) is 2.50. The Morgan fingerprint density at radius 3 is 2.89 bits per heavy atom. The molecule has 0 saturated heterocycles. The Morgan fingerprint density at radius 2 is 2.17 bits per heavy atom. The number of aromatic nitrogens is 2. The van der Waals surface area contributed by atoms with E-state index in [1.165, 1.54) is 19.3 Å². The van der Waals surface area contributed by atoms with Gasteiger partial charge in [-0.1, -0.05) is 26.7 Å². The predicted octanol–water partition coefficient (Wildman–Crippen LogP) is 2.76. The zero-order valence-corrected chi connectivity index (χ0v) is 12.4. The van der Waals surface area contributed by atoms with Gasteiger partial charge in [-0.2, -0.15) is 4.98 Å². The fourth-order valence-corrected chi connectivity index (χ4v) is 2.80. The molecule has 18 heavy (non-hydrogen) atoms. The molecule has 1 fully saturated rings. The molecule has 0 aliphatic heterocycles. The van der Waals surface area contributed by atoms with Crippen LogP contribution < -0.4 is 16.6 Å². The monoisotopic (exact) mass is 313 g/mol. The minimum absolute atomic E-state index is 0.428. The average molecular weight is 314 g/mol. The molecule has 1 aliphatic carbocycles. The molecule has 6 heteroatoms. The van der Waals surface area contributed by atoms with Crippen LogP contribution in [0, 0.1) is 11.8 Å². The summed E-state index contributed by atoms with van der Waals surface area (Å²) >= 11 is 3.47. The highest BCUT2D eigenvalue weighted by Gasteiger charge is 2.27. The summed E-state index contributed by atoms with van der Waals surface area (Å²) in [6.45, 7) is 4.62. The number of hydrogen-bond acceptors (Lipinski definition) is 5. The van der Waals surface area contributed by atoms with E-state index < -0.39 is 0 Å². The van der Waals surface area contributed by atoms with Crippen LogP contribution >= 0.6 is 15.9 Å². The van der Waals surface area contributed by atoms with Crippen LogP contribution in [0.3, 0.4) is 0 Å². The maximum Gasteiger partial charge on any atom is 0.239 e. The Bertz CT molecular complexity index is 411. The van der Waals surface area contributed by atoms with Gasteiger partial charge in [-0.05, 0) is 34.2 Å². The molecular weight excluding hydrogens is 294 g/mol. The van der Waals surface area contributed by atoms with Gasteiger partial charge in [-0.15, -0.1) is 0 Å². The van der Waals surface area contributed by atoms with Crippen molar-refractivity contribution in [2.24, 2.45) is 17.7 Å². The van der Waals surface area contributed by atoms with E-state index in [0.717, 1.165) is 16.2 Å². The number of nitrogens with two attached hydrogens (primary N) is 1. The maximum atomic E-state index is 5.33. The molecule has 0 bridgehead atoms. The minimum atomic E-state index is 0.428. The first kappa shape index (κ1) is 13.5. The first-order valence-electron chi connectivity index (χ1n) is 6.37. The first-order valence-corrected chi connectivity index (χ1v) is 7.16. The summed E-state index contributed by atoms with van der Waals surface area (Å²) in [5.74, 6) is 7.97. The molecule has 5 nitrogen and oxygen atoms in total. The molecule has 100 valence electrons. The van der Waals surface area contributed by atoms with Crippen LogP contribution in [0.4, 0.5) is 11.8 Å². The summed E-state index contributed by atoms with van der Waals surface area (Å²) in [5, 5.41) is 3.51. The quantitative estimate of drug-likeness (QED) is 0.591. The van der Waals surface area contributed by atoms with Crippen molar-refractivity contribution in [1.29, 1.82) is 0 Å². The van der Waals surface area contributed by atoms with Crippen LogP contribution in [0.5, 0.6) is 0 Å². The highest BCUT2D eigenvalue weighted by Crippen LogP contribution is 2.32. The molecular formula is C12H20BrN5. The Labute approximate surface area is 116 Å². The summed E-state index contributed by atoms with van der Waals surface area (Å²) in [6, 6.07) is 0.463. The highest BCUT2D eigenvalue weighted by atomic mass is 79.9. The Hall–Kier alpha value is -0.880. The first-order chi connectivity index (χ1) is 8.61. The van der Waals surface area contributed by atoms with Gasteiger partial charge >= 0.3 is 0 Å². The smallest absolute Gasteiger partial charge is 0.239 e. The summed E-state index contributed by atoms with van der Waals surface area (Å²) in [5.41, 5.74) is 2.47. The van der Waals surface area contributed by atoms with Crippen LogP contribution in [0.25, 0.3) is 0 Å². The third kappa shape index (κ3) is 2.92. The molecule has 4 N–H and O–H groups in total. The number of rotatable bonds is 3. The van der Waals surface area contributed by atoms with Crippen LogP contribution in [-0.4, -0.2) is 16.0 Å². The molecule has 3 atom stereocenters. The molecule has 1 aliphatic rings. The zero-order chi connectivity index (χ0) is 13.1. The summed E-state index contributed by atoms with van der Waals surface area (Å²) in [7, 11) is 0. The standard InChI is InChI=1S/C12H20BrN5/c1-7-4-3-5-10(8(7)2)16-11-9(13)6-15-12(17-11)18-14/h6-8,10H,3-5,14H2,1-2H3,(H2,15,16,17,18). The molecule has 2 rings (SSSR count). The van der Waals surface area contributed by atoms with Gasteiger partial charge in [-0.3, -0.25) is 5.43 Å². The van der Waals surface area contributed by atoms with Crippen molar-refractivity contribution in [3.8, 4) is 0 Å². The van der Waals surface area contributed by atoms with E-state index in [4.69, 9.17) is 5.84 Å². The number of hydrogen-bond donors (Lipinski definition) is 3. The van der Waals surface area contributed by atoms with E-state index in [1.807, 2.05) is 0 Å². The normalized spacial score (nSPS) is 27.9. The van der Waals surface area contributed by atoms with Gasteiger partial charge in [0.05, 0.1) is 4.47 Å². The van der Waals surface area contributed by atoms with Crippen LogP contribution in [0.15, 0.2) is 10.7 Å². The lowest BCUT2D eigenvalue weighted by atomic mass is 9.78. The lowest BCUT2D eigenvalue weighted by molar-refractivity contribution is 0.253. The molecule has 1 aromatic rings. The van der Waals surface area contributed by atoms with Gasteiger partial charge in [0.2, 0.25) is 5.95 Å². The van der Waals surface area contributed by atoms with Gasteiger partial charge in [0.1, 0.15) is 5.82 Å². The SMILES string of the molecule is CC1CCCC(Nc2nc(NN)ncc2Br)C1C. The van der Waals surface area contributed by atoms with Crippen LogP contribution in [0.2, 0.25) is 0 Å². The number of hydrazine groups is 1. The van der Waals surface area contributed by atoms with Gasteiger partial charge in [0, 0.05) is 12.2 Å². The second-order valence-electron chi connectivity index (χ2n) is 5.05. The fraction of sp³-hybridized carbons (Fsp3) is 0.667. The second kappa shape index (κ2) is 5.84. The molecule has 1 aromatic heterocycles. The lowest BCUT2D eigenvalue weighted by Crippen LogP contribution is -2.35. The van der Waals surface area contributed by atoms with Crippen molar-refractivity contribution in [3.63, 3.8) is 0 Å². The number of anilines is 2. The van der Waals surface area contributed by atoms with E-state index in [-0.39, 0.29) is 0 Å². The third-order valence-corrected chi connectivity index (χ3v) is 4.48. The van der Waals surface area contributed by atoms with E-state index in [9.17, 15) is 0 Å². The van der Waals surface area contributed by atoms with Gasteiger partial charge in [0.25, 0.3) is 0 Å². The second-order valence-corrected chi connectivity index (χ2v) is 5.91. The van der Waals surface area contributed by atoms with E-state index in [0.29, 0.717) is 17.9 Å². The third-order valence-electron chi connectivity index (χ3n) is 3.90. The molecule has 1 heterocycles. The van der Waals surface area contributed by atoms with Gasteiger partial charge in [0.15, 0.2) is 0 Å². The zero-order valence-electron chi connectivity index (χ0n) is 10.8. The van der Waals surface area contributed by atoms with Crippen molar-refractivity contribution >= 4 is 27.7 Å². The Morgan fingerprint density at radius 1 is 1.39 bits per heavy atom. The summed E-state index contributed by atoms with van der Waals surface area (Å²) in [6.07, 6.45) is 5.49. The predicted molar refractivity (Wildman–Crippen MR) is 77.1 cm³/mol. The van der Waals surface area contributed by atoms with Crippen molar-refractivity contribution in [1.82, 2.24) is 9.97 Å². The van der Waals surface area contributed by atoms with Crippen molar-refractivity contribution in [2.45, 2.75) is 39.2 Å². The Kier molecular flexibility index (Phi) is 4.40. The molecule has 1 saturated carbocycles. The summed E-state index contributed by atoms with van der Waals surface area (Å²) < 4.78 is 0.868. The van der Waals surface area contributed by atoms with E-state index in [1.54, 1.807) is 6.20 Å². The number of nitrogens with one attached hydrogen (secondary N) is 2. The number of nitrogens with zero attached hydrogens (tertiary/aromatic N) is 2. The maximum absolute atomic E-state index is 5.33. The average Bonchev–Trinajstić information content (AvgIpc) is 2.37. The topological polar surface area (TPSA) is 75.9 Å².